The van der Waals surface area contributed by atoms with E-state index in [0.717, 1.165) is 19.0 Å². The van der Waals surface area contributed by atoms with Gasteiger partial charge in [0, 0.05) is 24.5 Å². The Bertz CT molecular complexity index is 529. The minimum Gasteiger partial charge on any atom is -0.308 e. The Hall–Kier alpha value is -1.35. The van der Waals surface area contributed by atoms with Gasteiger partial charge in [0.05, 0.1) is 11.2 Å². The van der Waals surface area contributed by atoms with Crippen molar-refractivity contribution in [3.05, 3.63) is 30.0 Å². The summed E-state index contributed by atoms with van der Waals surface area (Å²) in [6.45, 7) is 6.25. The molecule has 3 heteroatoms. The number of para-hydroxylation sites is 1. The Kier molecular flexibility index (Phi) is 2.63. The van der Waals surface area contributed by atoms with Crippen LogP contribution in [0, 0.1) is 5.92 Å². The number of aromatic nitrogens is 2. The predicted molar refractivity (Wildman–Crippen MR) is 69.8 cm³/mol. The van der Waals surface area contributed by atoms with Gasteiger partial charge >= 0.3 is 0 Å². The zero-order valence-corrected chi connectivity index (χ0v) is 10.5. The average molecular weight is 229 g/mol. The molecule has 0 aliphatic heterocycles. The first-order chi connectivity index (χ1) is 8.29. The van der Waals surface area contributed by atoms with Crippen LogP contribution < -0.4 is 5.32 Å². The molecule has 2 aromatic rings. The van der Waals surface area contributed by atoms with E-state index in [2.05, 4.69) is 53.2 Å². The van der Waals surface area contributed by atoms with Crippen LogP contribution in [0.4, 0.5) is 0 Å². The van der Waals surface area contributed by atoms with Crippen molar-refractivity contribution in [3.63, 3.8) is 0 Å². The van der Waals surface area contributed by atoms with Crippen LogP contribution in [0.25, 0.3) is 10.9 Å². The molecule has 0 bridgehead atoms. The quantitative estimate of drug-likeness (QED) is 0.873. The topological polar surface area (TPSA) is 29.9 Å². The van der Waals surface area contributed by atoms with Crippen molar-refractivity contribution in [2.75, 3.05) is 0 Å². The second-order valence-electron chi connectivity index (χ2n) is 4.98. The van der Waals surface area contributed by atoms with E-state index in [-0.39, 0.29) is 0 Å². The molecule has 17 heavy (non-hydrogen) atoms. The van der Waals surface area contributed by atoms with Crippen LogP contribution in [-0.4, -0.2) is 15.8 Å². The Morgan fingerprint density at radius 3 is 2.88 bits per heavy atom. The van der Waals surface area contributed by atoms with Crippen molar-refractivity contribution in [1.29, 1.82) is 0 Å². The van der Waals surface area contributed by atoms with Crippen LogP contribution >= 0.6 is 0 Å². The van der Waals surface area contributed by atoms with Gasteiger partial charge in [0.1, 0.15) is 0 Å². The van der Waals surface area contributed by atoms with Gasteiger partial charge in [-0.15, -0.1) is 0 Å². The second-order valence-corrected chi connectivity index (χ2v) is 4.98. The molecule has 1 saturated carbocycles. The van der Waals surface area contributed by atoms with Crippen LogP contribution in [-0.2, 0) is 13.1 Å². The monoisotopic (exact) mass is 229 g/mol. The van der Waals surface area contributed by atoms with E-state index in [9.17, 15) is 0 Å². The van der Waals surface area contributed by atoms with E-state index >= 15 is 0 Å². The van der Waals surface area contributed by atoms with Gasteiger partial charge in [0.2, 0.25) is 0 Å². The maximum absolute atomic E-state index is 4.69. The number of nitrogens with one attached hydrogen (secondary N) is 1. The molecule has 1 aromatic carbocycles. The number of hydrogen-bond acceptors (Lipinski definition) is 2. The summed E-state index contributed by atoms with van der Waals surface area (Å²) in [7, 11) is 0. The molecule has 0 saturated heterocycles. The van der Waals surface area contributed by atoms with E-state index in [0.29, 0.717) is 6.04 Å². The maximum Gasteiger partial charge on any atom is 0.0841 e. The summed E-state index contributed by atoms with van der Waals surface area (Å²) in [5, 5.41) is 9.55. The van der Waals surface area contributed by atoms with E-state index in [1.807, 2.05) is 0 Å². The normalized spacial score (nSPS) is 23.2. The molecule has 1 heterocycles. The van der Waals surface area contributed by atoms with Crippen LogP contribution in [0.1, 0.15) is 26.0 Å². The summed E-state index contributed by atoms with van der Waals surface area (Å²) in [6, 6.07) is 9.20. The fourth-order valence-electron chi connectivity index (χ4n) is 2.40. The molecule has 1 aliphatic rings. The third-order valence-corrected chi connectivity index (χ3v) is 3.68. The van der Waals surface area contributed by atoms with E-state index in [1.54, 1.807) is 0 Å². The number of aryl methyl sites for hydroxylation is 1. The highest BCUT2D eigenvalue weighted by atomic mass is 15.3. The molecule has 1 N–H and O–H groups in total. The summed E-state index contributed by atoms with van der Waals surface area (Å²) in [5.41, 5.74) is 2.43. The van der Waals surface area contributed by atoms with Gasteiger partial charge in [-0.25, -0.2) is 0 Å². The van der Waals surface area contributed by atoms with Gasteiger partial charge in [0.25, 0.3) is 0 Å². The van der Waals surface area contributed by atoms with Crippen molar-refractivity contribution in [2.45, 2.75) is 39.4 Å². The van der Waals surface area contributed by atoms with Crippen molar-refractivity contribution < 1.29 is 0 Å². The molecule has 1 aromatic heterocycles. The summed E-state index contributed by atoms with van der Waals surface area (Å²) in [4.78, 5) is 0. The van der Waals surface area contributed by atoms with Gasteiger partial charge in [-0.3, -0.25) is 4.68 Å². The smallest absolute Gasteiger partial charge is 0.0841 e. The Morgan fingerprint density at radius 1 is 1.41 bits per heavy atom. The Labute approximate surface area is 102 Å². The Morgan fingerprint density at radius 2 is 2.18 bits per heavy atom. The molecule has 3 nitrogen and oxygen atoms in total. The molecule has 0 amide bonds. The van der Waals surface area contributed by atoms with Gasteiger partial charge in [-0.1, -0.05) is 25.1 Å². The van der Waals surface area contributed by atoms with E-state index in [4.69, 9.17) is 0 Å². The molecular weight excluding hydrogens is 210 g/mol. The summed E-state index contributed by atoms with van der Waals surface area (Å²) in [6.07, 6.45) is 1.31. The molecule has 90 valence electrons. The van der Waals surface area contributed by atoms with E-state index < -0.39 is 0 Å². The lowest BCUT2D eigenvalue weighted by Crippen LogP contribution is -2.17. The van der Waals surface area contributed by atoms with Crippen LogP contribution in [0.5, 0.6) is 0 Å². The SMILES string of the molecule is CCn1nc(CNC2CC2C)c2ccccc21. The van der Waals surface area contributed by atoms with Crippen molar-refractivity contribution >= 4 is 10.9 Å². The summed E-state index contributed by atoms with van der Waals surface area (Å²) >= 11 is 0. The minimum absolute atomic E-state index is 0.709. The van der Waals surface area contributed by atoms with Gasteiger partial charge in [-0.05, 0) is 25.3 Å². The molecule has 0 radical (unpaired) electrons. The molecule has 2 unspecified atom stereocenters. The predicted octanol–water partition coefficient (Wildman–Crippen LogP) is 2.55. The number of rotatable bonds is 4. The standard InChI is InChI=1S/C14H19N3/c1-3-17-14-7-5-4-6-11(14)13(16-17)9-15-12-8-10(12)2/h4-7,10,12,15H,3,8-9H2,1-2H3. The molecule has 3 rings (SSSR count). The number of benzene rings is 1. The summed E-state index contributed by atoms with van der Waals surface area (Å²) < 4.78 is 2.09. The van der Waals surface area contributed by atoms with Crippen molar-refractivity contribution in [1.82, 2.24) is 15.1 Å². The van der Waals surface area contributed by atoms with Crippen LogP contribution in [0.15, 0.2) is 24.3 Å². The molecule has 1 aliphatic carbocycles. The third kappa shape index (κ3) is 1.95. The highest BCUT2D eigenvalue weighted by molar-refractivity contribution is 5.81. The minimum atomic E-state index is 0.709. The number of hydrogen-bond donors (Lipinski definition) is 1. The first kappa shape index (κ1) is 10.8. The van der Waals surface area contributed by atoms with Gasteiger partial charge in [0.15, 0.2) is 0 Å². The zero-order valence-electron chi connectivity index (χ0n) is 10.5. The van der Waals surface area contributed by atoms with Crippen molar-refractivity contribution in [3.8, 4) is 0 Å². The Balaban J connectivity index is 1.87. The second kappa shape index (κ2) is 4.15. The maximum atomic E-state index is 4.69. The lowest BCUT2D eigenvalue weighted by Gasteiger charge is -2.00. The number of nitrogens with zero attached hydrogens (tertiary/aromatic N) is 2. The average Bonchev–Trinajstić information content (AvgIpc) is 2.94. The first-order valence-electron chi connectivity index (χ1n) is 6.47. The fraction of sp³-hybridized carbons (Fsp3) is 0.500. The number of fused-ring (bicyclic) bond motifs is 1. The highest BCUT2D eigenvalue weighted by Crippen LogP contribution is 2.29. The zero-order chi connectivity index (χ0) is 11.8. The van der Waals surface area contributed by atoms with Crippen LogP contribution in [0.2, 0.25) is 0 Å². The van der Waals surface area contributed by atoms with Crippen molar-refractivity contribution in [2.24, 2.45) is 5.92 Å². The lowest BCUT2D eigenvalue weighted by molar-refractivity contribution is 0.614. The highest BCUT2D eigenvalue weighted by Gasteiger charge is 2.31. The molecule has 2 atom stereocenters. The largest absolute Gasteiger partial charge is 0.308 e. The molecular formula is C14H19N3. The first-order valence-corrected chi connectivity index (χ1v) is 6.47. The lowest BCUT2D eigenvalue weighted by atomic mass is 10.2. The van der Waals surface area contributed by atoms with Gasteiger partial charge < -0.3 is 5.32 Å². The molecule has 1 fully saturated rings. The molecule has 0 spiro atoms. The summed E-state index contributed by atoms with van der Waals surface area (Å²) in [5.74, 6) is 0.842. The van der Waals surface area contributed by atoms with Gasteiger partial charge in [-0.2, -0.15) is 5.10 Å². The van der Waals surface area contributed by atoms with Crippen LogP contribution in [0.3, 0.4) is 0 Å². The fourth-order valence-corrected chi connectivity index (χ4v) is 2.40. The third-order valence-electron chi connectivity index (χ3n) is 3.68. The van der Waals surface area contributed by atoms with E-state index in [1.165, 1.54) is 23.0 Å².